The number of ether oxygens (including phenoxy) is 1. The normalized spacial score (nSPS) is 10.3. The first-order chi connectivity index (χ1) is 8.19. The van der Waals surface area contributed by atoms with Crippen molar-refractivity contribution in [3.63, 3.8) is 0 Å². The fourth-order valence-electron chi connectivity index (χ4n) is 1.48. The summed E-state index contributed by atoms with van der Waals surface area (Å²) in [5, 5.41) is 0. The van der Waals surface area contributed by atoms with Crippen molar-refractivity contribution >= 4 is 11.6 Å². The summed E-state index contributed by atoms with van der Waals surface area (Å²) >= 11 is 5.81. The van der Waals surface area contributed by atoms with Crippen molar-refractivity contribution < 1.29 is 4.74 Å². The Labute approximate surface area is 106 Å². The van der Waals surface area contributed by atoms with Gasteiger partial charge in [-0.1, -0.05) is 12.1 Å². The molecule has 0 atom stereocenters. The van der Waals surface area contributed by atoms with Gasteiger partial charge in [-0.3, -0.25) is 4.98 Å². The molecule has 0 saturated carbocycles. The minimum atomic E-state index is 0.489. The first-order valence-corrected chi connectivity index (χ1v) is 5.98. The molecule has 0 aliphatic carbocycles. The number of hydrogen-bond acceptors (Lipinski definition) is 2. The summed E-state index contributed by atoms with van der Waals surface area (Å²) in [6.45, 7) is 3.96. The van der Waals surface area contributed by atoms with Crippen molar-refractivity contribution in [2.24, 2.45) is 0 Å². The average molecular weight is 248 g/mol. The molecule has 0 unspecified atom stereocenters. The van der Waals surface area contributed by atoms with E-state index in [1.54, 1.807) is 6.20 Å². The van der Waals surface area contributed by atoms with Gasteiger partial charge in [-0.15, -0.1) is 11.6 Å². The zero-order valence-corrected chi connectivity index (χ0v) is 10.7. The maximum atomic E-state index is 5.81. The number of nitrogens with zero attached hydrogens (tertiary/aromatic N) is 1. The fraction of sp³-hybridized carbons (Fsp3) is 0.214. The molecule has 0 aliphatic rings. The van der Waals surface area contributed by atoms with Gasteiger partial charge in [0.25, 0.3) is 0 Å². The van der Waals surface area contributed by atoms with Crippen molar-refractivity contribution in [1.29, 1.82) is 0 Å². The molecule has 0 amide bonds. The molecule has 0 N–H and O–H groups in total. The standard InChI is InChI=1S/C14H14ClNO/c1-10-3-5-12(8-15)7-14(10)17-13-6-4-11(2)16-9-13/h3-7,9H,8H2,1-2H3. The first kappa shape index (κ1) is 11.9. The van der Waals surface area contributed by atoms with E-state index in [0.29, 0.717) is 5.88 Å². The van der Waals surface area contributed by atoms with Crippen LogP contribution in [-0.2, 0) is 5.88 Å². The molecule has 2 nitrogen and oxygen atoms in total. The monoisotopic (exact) mass is 247 g/mol. The van der Waals surface area contributed by atoms with Crippen molar-refractivity contribution in [2.75, 3.05) is 0 Å². The predicted molar refractivity (Wildman–Crippen MR) is 69.8 cm³/mol. The molecule has 0 fully saturated rings. The van der Waals surface area contributed by atoms with E-state index in [9.17, 15) is 0 Å². The Morgan fingerprint density at radius 3 is 2.65 bits per heavy atom. The highest BCUT2D eigenvalue weighted by Gasteiger charge is 2.03. The molecule has 1 heterocycles. The molecule has 0 saturated heterocycles. The highest BCUT2D eigenvalue weighted by Crippen LogP contribution is 2.26. The Morgan fingerprint density at radius 2 is 2.00 bits per heavy atom. The van der Waals surface area contributed by atoms with Gasteiger partial charge in [0.2, 0.25) is 0 Å². The van der Waals surface area contributed by atoms with Gasteiger partial charge in [0.05, 0.1) is 6.20 Å². The van der Waals surface area contributed by atoms with E-state index >= 15 is 0 Å². The van der Waals surface area contributed by atoms with E-state index in [1.165, 1.54) is 0 Å². The summed E-state index contributed by atoms with van der Waals surface area (Å²) < 4.78 is 5.79. The molecule has 0 spiro atoms. The van der Waals surface area contributed by atoms with Crippen LogP contribution in [0.2, 0.25) is 0 Å². The summed E-state index contributed by atoms with van der Waals surface area (Å²) in [4.78, 5) is 4.20. The summed E-state index contributed by atoms with van der Waals surface area (Å²) in [6.07, 6.45) is 1.72. The minimum absolute atomic E-state index is 0.489. The number of hydrogen-bond donors (Lipinski definition) is 0. The highest BCUT2D eigenvalue weighted by atomic mass is 35.5. The molecule has 0 bridgehead atoms. The van der Waals surface area contributed by atoms with Gasteiger partial charge >= 0.3 is 0 Å². The van der Waals surface area contributed by atoms with Crippen LogP contribution in [0.4, 0.5) is 0 Å². The van der Waals surface area contributed by atoms with Crippen molar-refractivity contribution in [3.8, 4) is 11.5 Å². The van der Waals surface area contributed by atoms with Crippen LogP contribution in [0.15, 0.2) is 36.5 Å². The highest BCUT2D eigenvalue weighted by molar-refractivity contribution is 6.17. The van der Waals surface area contributed by atoms with Crippen LogP contribution < -0.4 is 4.74 Å². The molecule has 1 aromatic heterocycles. The van der Waals surface area contributed by atoms with Gasteiger partial charge in [-0.25, -0.2) is 0 Å². The topological polar surface area (TPSA) is 22.1 Å². The van der Waals surface area contributed by atoms with Crippen LogP contribution in [0, 0.1) is 13.8 Å². The van der Waals surface area contributed by atoms with Crippen molar-refractivity contribution in [3.05, 3.63) is 53.3 Å². The summed E-state index contributed by atoms with van der Waals surface area (Å²) in [7, 11) is 0. The SMILES string of the molecule is Cc1ccc(Oc2cc(CCl)ccc2C)cn1. The zero-order chi connectivity index (χ0) is 12.3. The molecule has 1 aromatic carbocycles. The van der Waals surface area contributed by atoms with Crippen LogP contribution in [-0.4, -0.2) is 4.98 Å². The van der Waals surface area contributed by atoms with E-state index in [4.69, 9.17) is 16.3 Å². The van der Waals surface area contributed by atoms with Gasteiger partial charge in [0.1, 0.15) is 11.5 Å². The lowest BCUT2D eigenvalue weighted by Gasteiger charge is -2.09. The Bertz CT molecular complexity index is 508. The largest absolute Gasteiger partial charge is 0.455 e. The van der Waals surface area contributed by atoms with Crippen LogP contribution in [0.25, 0.3) is 0 Å². The fourth-order valence-corrected chi connectivity index (χ4v) is 1.65. The van der Waals surface area contributed by atoms with Crippen molar-refractivity contribution in [2.45, 2.75) is 19.7 Å². The maximum absolute atomic E-state index is 5.81. The van der Waals surface area contributed by atoms with E-state index in [0.717, 1.165) is 28.3 Å². The molecule has 17 heavy (non-hydrogen) atoms. The number of aryl methyl sites for hydroxylation is 2. The van der Waals surface area contributed by atoms with Crippen molar-refractivity contribution in [1.82, 2.24) is 4.98 Å². The van der Waals surface area contributed by atoms with E-state index in [2.05, 4.69) is 4.98 Å². The number of alkyl halides is 1. The second-order valence-corrected chi connectivity index (χ2v) is 4.24. The van der Waals surface area contributed by atoms with Crippen LogP contribution in [0.1, 0.15) is 16.8 Å². The van der Waals surface area contributed by atoms with Gasteiger partial charge < -0.3 is 4.74 Å². The third-order valence-corrected chi connectivity index (χ3v) is 2.83. The third-order valence-electron chi connectivity index (χ3n) is 2.52. The van der Waals surface area contributed by atoms with E-state index in [1.807, 2.05) is 44.2 Å². The predicted octanol–water partition coefficient (Wildman–Crippen LogP) is 4.23. The molecule has 3 heteroatoms. The average Bonchev–Trinajstić information content (AvgIpc) is 2.35. The Balaban J connectivity index is 2.25. The number of benzene rings is 1. The molecular weight excluding hydrogens is 234 g/mol. The second kappa shape index (κ2) is 5.19. The number of aromatic nitrogens is 1. The van der Waals surface area contributed by atoms with E-state index < -0.39 is 0 Å². The Morgan fingerprint density at radius 1 is 1.18 bits per heavy atom. The Hall–Kier alpha value is -1.54. The molecule has 0 radical (unpaired) electrons. The zero-order valence-electron chi connectivity index (χ0n) is 9.90. The molecule has 2 aromatic rings. The third kappa shape index (κ3) is 2.98. The van der Waals surface area contributed by atoms with Crippen LogP contribution >= 0.6 is 11.6 Å². The number of halogens is 1. The van der Waals surface area contributed by atoms with Gasteiger partial charge in [0, 0.05) is 11.6 Å². The smallest absolute Gasteiger partial charge is 0.145 e. The van der Waals surface area contributed by atoms with Gasteiger partial charge in [0.15, 0.2) is 0 Å². The summed E-state index contributed by atoms with van der Waals surface area (Å²) in [6, 6.07) is 9.81. The Kier molecular flexibility index (Phi) is 3.64. The maximum Gasteiger partial charge on any atom is 0.145 e. The molecular formula is C14H14ClNO. The molecule has 2 rings (SSSR count). The van der Waals surface area contributed by atoms with Crippen LogP contribution in [0.5, 0.6) is 11.5 Å². The quantitative estimate of drug-likeness (QED) is 0.758. The first-order valence-electron chi connectivity index (χ1n) is 5.45. The summed E-state index contributed by atoms with van der Waals surface area (Å²) in [5.74, 6) is 2.06. The molecule has 88 valence electrons. The van der Waals surface area contributed by atoms with Gasteiger partial charge in [-0.2, -0.15) is 0 Å². The lowest BCUT2D eigenvalue weighted by atomic mass is 10.1. The number of rotatable bonds is 3. The molecule has 0 aliphatic heterocycles. The second-order valence-electron chi connectivity index (χ2n) is 3.97. The van der Waals surface area contributed by atoms with E-state index in [-0.39, 0.29) is 0 Å². The summed E-state index contributed by atoms with van der Waals surface area (Å²) in [5.41, 5.74) is 3.11. The lowest BCUT2D eigenvalue weighted by Crippen LogP contribution is -1.90. The lowest BCUT2D eigenvalue weighted by molar-refractivity contribution is 0.476. The minimum Gasteiger partial charge on any atom is -0.455 e. The number of pyridine rings is 1. The van der Waals surface area contributed by atoms with Crippen LogP contribution in [0.3, 0.4) is 0 Å². The van der Waals surface area contributed by atoms with Gasteiger partial charge in [-0.05, 0) is 43.2 Å².